The molecule has 1 fully saturated rings. The number of benzene rings is 2. The summed E-state index contributed by atoms with van der Waals surface area (Å²) in [6, 6.07) is 11.1. The van der Waals surface area contributed by atoms with E-state index in [9.17, 15) is 4.79 Å². The van der Waals surface area contributed by atoms with E-state index in [2.05, 4.69) is 5.32 Å². The Hall–Kier alpha value is -3.06. The maximum absolute atomic E-state index is 12.9. The summed E-state index contributed by atoms with van der Waals surface area (Å²) in [5.41, 5.74) is 2.91. The third kappa shape index (κ3) is 3.59. The van der Waals surface area contributed by atoms with Crippen molar-refractivity contribution in [2.24, 2.45) is 0 Å². The van der Waals surface area contributed by atoms with Crippen LogP contribution in [0.4, 0.5) is 5.69 Å². The molecule has 3 rings (SSSR count). The monoisotopic (exact) mass is 384 g/mol. The zero-order chi connectivity index (χ0) is 19.6. The molecule has 1 saturated heterocycles. The van der Waals surface area contributed by atoms with Gasteiger partial charge in [-0.15, -0.1) is 0 Å². The van der Waals surface area contributed by atoms with Gasteiger partial charge in [0.05, 0.1) is 27.0 Å². The molecule has 1 aliphatic heterocycles. The first kappa shape index (κ1) is 18.7. The molecule has 0 atom stereocenters. The summed E-state index contributed by atoms with van der Waals surface area (Å²) < 4.78 is 16.0. The summed E-state index contributed by atoms with van der Waals surface area (Å²) in [4.78, 5) is 14.3. The minimum Gasteiger partial charge on any atom is -0.493 e. The molecule has 0 saturated carbocycles. The smallest absolute Gasteiger partial charge is 0.281 e. The number of hydrogen-bond acceptors (Lipinski definition) is 5. The maximum Gasteiger partial charge on any atom is 0.281 e. The van der Waals surface area contributed by atoms with Crippen LogP contribution in [0.1, 0.15) is 11.1 Å². The van der Waals surface area contributed by atoms with Gasteiger partial charge >= 0.3 is 0 Å². The largest absolute Gasteiger partial charge is 0.493 e. The number of amides is 1. The molecule has 1 aliphatic rings. The van der Waals surface area contributed by atoms with E-state index in [4.69, 9.17) is 26.4 Å². The summed E-state index contributed by atoms with van der Waals surface area (Å²) in [7, 11) is 4.63. The van der Waals surface area contributed by atoms with Crippen LogP contribution in [0.15, 0.2) is 42.1 Å². The molecule has 0 spiro atoms. The van der Waals surface area contributed by atoms with Crippen LogP contribution in [-0.2, 0) is 4.79 Å². The van der Waals surface area contributed by atoms with E-state index >= 15 is 0 Å². The molecule has 2 aromatic rings. The first-order chi connectivity index (χ1) is 13.0. The quantitative estimate of drug-likeness (QED) is 0.631. The van der Waals surface area contributed by atoms with Crippen LogP contribution in [0, 0.1) is 6.92 Å². The van der Waals surface area contributed by atoms with Gasteiger partial charge in [0, 0.05) is 0 Å². The predicted octanol–water partition coefficient (Wildman–Crippen LogP) is 3.28. The number of nitrogens with zero attached hydrogens (tertiary/aromatic N) is 1. The van der Waals surface area contributed by atoms with E-state index < -0.39 is 0 Å². The number of anilines is 1. The first-order valence-corrected chi connectivity index (χ1v) is 8.63. The van der Waals surface area contributed by atoms with Gasteiger partial charge in [0.15, 0.2) is 16.6 Å². The molecule has 27 heavy (non-hydrogen) atoms. The highest BCUT2D eigenvalue weighted by atomic mass is 32.1. The van der Waals surface area contributed by atoms with Gasteiger partial charge in [-0.25, -0.2) is 0 Å². The summed E-state index contributed by atoms with van der Waals surface area (Å²) >= 11 is 5.35. The van der Waals surface area contributed by atoms with E-state index in [0.717, 1.165) is 11.3 Å². The van der Waals surface area contributed by atoms with Crippen molar-refractivity contribution >= 4 is 35.0 Å². The van der Waals surface area contributed by atoms with Crippen molar-refractivity contribution in [3.05, 3.63) is 53.2 Å². The van der Waals surface area contributed by atoms with Crippen molar-refractivity contribution in [3.8, 4) is 17.2 Å². The molecule has 0 aliphatic carbocycles. The van der Waals surface area contributed by atoms with Crippen LogP contribution in [0.25, 0.3) is 6.08 Å². The highest BCUT2D eigenvalue weighted by Gasteiger charge is 2.32. The van der Waals surface area contributed by atoms with E-state index in [1.165, 1.54) is 4.90 Å². The fourth-order valence-electron chi connectivity index (χ4n) is 2.81. The molecule has 2 aromatic carbocycles. The summed E-state index contributed by atoms with van der Waals surface area (Å²) in [6.07, 6.45) is 1.70. The maximum atomic E-state index is 12.9. The number of nitrogens with one attached hydrogen (secondary N) is 1. The Kier molecular flexibility index (Phi) is 5.32. The van der Waals surface area contributed by atoms with Gasteiger partial charge in [-0.3, -0.25) is 9.69 Å². The number of rotatable bonds is 5. The van der Waals surface area contributed by atoms with Crippen LogP contribution in [-0.4, -0.2) is 32.3 Å². The van der Waals surface area contributed by atoms with Crippen molar-refractivity contribution in [2.45, 2.75) is 6.92 Å². The van der Waals surface area contributed by atoms with Crippen LogP contribution >= 0.6 is 12.2 Å². The van der Waals surface area contributed by atoms with E-state index in [-0.39, 0.29) is 5.91 Å². The molecule has 1 N–H and O–H groups in total. The third-order valence-electron chi connectivity index (χ3n) is 4.17. The van der Waals surface area contributed by atoms with Crippen molar-refractivity contribution in [3.63, 3.8) is 0 Å². The Balaban J connectivity index is 1.97. The fraction of sp³-hybridized carbons (Fsp3) is 0.200. The van der Waals surface area contributed by atoms with Crippen molar-refractivity contribution in [1.29, 1.82) is 0 Å². The first-order valence-electron chi connectivity index (χ1n) is 8.22. The van der Waals surface area contributed by atoms with Crippen molar-refractivity contribution in [1.82, 2.24) is 5.32 Å². The van der Waals surface area contributed by atoms with Gasteiger partial charge in [0.25, 0.3) is 5.91 Å². The Morgan fingerprint density at radius 1 is 1.00 bits per heavy atom. The van der Waals surface area contributed by atoms with Crippen LogP contribution in [0.2, 0.25) is 0 Å². The molecule has 140 valence electrons. The normalized spacial score (nSPS) is 15.1. The topological polar surface area (TPSA) is 60.0 Å². The predicted molar refractivity (Wildman–Crippen MR) is 108 cm³/mol. The highest BCUT2D eigenvalue weighted by molar-refractivity contribution is 7.80. The Labute approximate surface area is 163 Å². The second-order valence-electron chi connectivity index (χ2n) is 5.92. The molecular formula is C20H20N2O4S. The van der Waals surface area contributed by atoms with E-state index in [0.29, 0.717) is 33.6 Å². The summed E-state index contributed by atoms with van der Waals surface area (Å²) in [5, 5.41) is 3.31. The van der Waals surface area contributed by atoms with Gasteiger partial charge in [-0.1, -0.05) is 17.7 Å². The Morgan fingerprint density at radius 2 is 1.59 bits per heavy atom. The lowest BCUT2D eigenvalue weighted by molar-refractivity contribution is -0.113. The van der Waals surface area contributed by atoms with Gasteiger partial charge in [-0.2, -0.15) is 0 Å². The van der Waals surface area contributed by atoms with Crippen LogP contribution < -0.4 is 24.4 Å². The lowest BCUT2D eigenvalue weighted by atomic mass is 10.1. The molecule has 0 unspecified atom stereocenters. The number of carbonyl (C=O) groups is 1. The fourth-order valence-corrected chi connectivity index (χ4v) is 3.11. The second kappa shape index (κ2) is 7.67. The average molecular weight is 384 g/mol. The number of methoxy groups -OCH3 is 3. The number of ether oxygens (including phenoxy) is 3. The number of hydrogen-bond donors (Lipinski definition) is 1. The van der Waals surface area contributed by atoms with Crippen LogP contribution in [0.5, 0.6) is 17.2 Å². The van der Waals surface area contributed by atoms with Crippen molar-refractivity contribution in [2.75, 3.05) is 26.2 Å². The minimum absolute atomic E-state index is 0.224. The molecule has 1 amide bonds. The van der Waals surface area contributed by atoms with E-state index in [1.54, 1.807) is 39.5 Å². The van der Waals surface area contributed by atoms with Gasteiger partial charge in [0.1, 0.15) is 5.70 Å². The SMILES string of the molecule is COc1cc(/C=C2/NC(=S)N(c3ccc(C)cc3)C2=O)cc(OC)c1OC. The second-order valence-corrected chi connectivity index (χ2v) is 6.31. The molecule has 1 heterocycles. The van der Waals surface area contributed by atoms with Gasteiger partial charge < -0.3 is 19.5 Å². The lowest BCUT2D eigenvalue weighted by Crippen LogP contribution is -2.30. The van der Waals surface area contributed by atoms with E-state index in [1.807, 2.05) is 31.2 Å². The third-order valence-corrected chi connectivity index (χ3v) is 4.45. The van der Waals surface area contributed by atoms with Crippen LogP contribution in [0.3, 0.4) is 0 Å². The zero-order valence-electron chi connectivity index (χ0n) is 15.5. The zero-order valence-corrected chi connectivity index (χ0v) is 16.3. The Bertz CT molecular complexity index is 897. The average Bonchev–Trinajstić information content (AvgIpc) is 2.95. The molecule has 0 aromatic heterocycles. The number of aryl methyl sites for hydroxylation is 1. The molecule has 7 heteroatoms. The minimum atomic E-state index is -0.224. The summed E-state index contributed by atoms with van der Waals surface area (Å²) in [6.45, 7) is 1.99. The number of thiocarbonyl (C=S) groups is 1. The molecular weight excluding hydrogens is 364 g/mol. The molecule has 0 radical (unpaired) electrons. The molecule has 0 bridgehead atoms. The van der Waals surface area contributed by atoms with Gasteiger partial charge in [0.2, 0.25) is 5.75 Å². The molecule has 6 nitrogen and oxygen atoms in total. The lowest BCUT2D eigenvalue weighted by Gasteiger charge is -2.14. The number of carbonyl (C=O) groups excluding carboxylic acids is 1. The Morgan fingerprint density at radius 3 is 2.11 bits per heavy atom. The highest BCUT2D eigenvalue weighted by Crippen LogP contribution is 2.39. The standard InChI is InChI=1S/C20H20N2O4S/c1-12-5-7-14(8-6-12)22-19(23)15(21-20(22)27)9-13-10-16(24-2)18(26-4)17(11-13)25-3/h5-11H,1-4H3,(H,21,27)/b15-9+. The van der Waals surface area contributed by atoms with Gasteiger partial charge in [-0.05, 0) is 55.0 Å². The summed E-state index contributed by atoms with van der Waals surface area (Å²) in [5.74, 6) is 1.28. The van der Waals surface area contributed by atoms with Crippen molar-refractivity contribution < 1.29 is 19.0 Å².